The van der Waals surface area contributed by atoms with Gasteiger partial charge in [0.05, 0.1) is 10.7 Å². The number of aromatic amines is 1. The van der Waals surface area contributed by atoms with Crippen molar-refractivity contribution in [3.63, 3.8) is 0 Å². The minimum absolute atomic E-state index is 0.468. The summed E-state index contributed by atoms with van der Waals surface area (Å²) in [5, 5.41) is 7.41. The van der Waals surface area contributed by atoms with Crippen LogP contribution in [0.4, 0.5) is 5.82 Å². The van der Waals surface area contributed by atoms with Gasteiger partial charge in [0.25, 0.3) is 0 Å². The molecule has 3 N–H and O–H groups in total. The van der Waals surface area contributed by atoms with Crippen LogP contribution in [0.5, 0.6) is 0 Å². The second-order valence-corrected chi connectivity index (χ2v) is 4.34. The summed E-state index contributed by atoms with van der Waals surface area (Å²) < 4.78 is 0. The minimum atomic E-state index is 0.468. The van der Waals surface area contributed by atoms with E-state index in [1.807, 2.05) is 24.5 Å². The van der Waals surface area contributed by atoms with Crippen LogP contribution >= 0.6 is 23.4 Å². The predicted octanol–water partition coefficient (Wildman–Crippen LogP) is 3.03. The summed E-state index contributed by atoms with van der Waals surface area (Å²) in [4.78, 5) is 1.16. The van der Waals surface area contributed by atoms with E-state index < -0.39 is 0 Å². The zero-order valence-electron chi connectivity index (χ0n) is 8.12. The van der Waals surface area contributed by atoms with Crippen molar-refractivity contribution >= 4 is 29.2 Å². The van der Waals surface area contributed by atoms with Crippen molar-refractivity contribution in [3.8, 4) is 11.3 Å². The van der Waals surface area contributed by atoms with Gasteiger partial charge >= 0.3 is 0 Å². The lowest BCUT2D eigenvalue weighted by Crippen LogP contribution is -1.81. The van der Waals surface area contributed by atoms with Crippen LogP contribution in [-0.4, -0.2) is 16.5 Å². The molecule has 0 unspecified atom stereocenters. The number of benzene rings is 1. The molecule has 5 heteroatoms. The first-order valence-corrected chi connectivity index (χ1v) is 5.96. The Balaban J connectivity index is 2.51. The van der Waals surface area contributed by atoms with Crippen LogP contribution < -0.4 is 5.73 Å². The molecule has 15 heavy (non-hydrogen) atoms. The number of H-pyrrole nitrogens is 1. The summed E-state index contributed by atoms with van der Waals surface area (Å²) >= 11 is 7.77. The number of nitrogens with one attached hydrogen (secondary N) is 1. The Morgan fingerprint density at radius 3 is 2.80 bits per heavy atom. The van der Waals surface area contributed by atoms with Gasteiger partial charge in [0.1, 0.15) is 5.82 Å². The zero-order chi connectivity index (χ0) is 10.8. The van der Waals surface area contributed by atoms with E-state index in [2.05, 4.69) is 10.2 Å². The first kappa shape index (κ1) is 10.4. The minimum Gasteiger partial charge on any atom is -0.382 e. The van der Waals surface area contributed by atoms with Gasteiger partial charge in [0.2, 0.25) is 0 Å². The molecule has 1 heterocycles. The molecule has 0 spiro atoms. The Hall–Kier alpha value is -1.13. The first-order chi connectivity index (χ1) is 7.20. The molecule has 78 valence electrons. The number of hydrogen-bond donors (Lipinski definition) is 2. The van der Waals surface area contributed by atoms with Gasteiger partial charge in [0, 0.05) is 16.5 Å². The Bertz CT molecular complexity index is 481. The normalized spacial score (nSPS) is 10.5. The van der Waals surface area contributed by atoms with Crippen molar-refractivity contribution in [2.45, 2.75) is 4.90 Å². The van der Waals surface area contributed by atoms with E-state index in [1.54, 1.807) is 17.8 Å². The van der Waals surface area contributed by atoms with Gasteiger partial charge in [-0.2, -0.15) is 5.10 Å². The van der Waals surface area contributed by atoms with Gasteiger partial charge in [0.15, 0.2) is 0 Å². The number of anilines is 1. The molecule has 0 atom stereocenters. The van der Waals surface area contributed by atoms with Crippen molar-refractivity contribution in [1.29, 1.82) is 0 Å². The van der Waals surface area contributed by atoms with Crippen molar-refractivity contribution < 1.29 is 0 Å². The molecule has 0 saturated heterocycles. The Labute approximate surface area is 97.0 Å². The molecule has 0 radical (unpaired) electrons. The van der Waals surface area contributed by atoms with E-state index in [4.69, 9.17) is 17.3 Å². The highest BCUT2D eigenvalue weighted by molar-refractivity contribution is 7.98. The largest absolute Gasteiger partial charge is 0.382 e. The number of nitrogens with zero attached hydrogens (tertiary/aromatic N) is 1. The maximum absolute atomic E-state index is 6.10. The highest BCUT2D eigenvalue weighted by Gasteiger charge is 2.07. The van der Waals surface area contributed by atoms with Crippen LogP contribution in [0.15, 0.2) is 29.2 Å². The number of nitrogen functional groups attached to an aromatic ring is 1. The van der Waals surface area contributed by atoms with Gasteiger partial charge in [-0.3, -0.25) is 5.10 Å². The van der Waals surface area contributed by atoms with E-state index in [1.165, 1.54) is 0 Å². The summed E-state index contributed by atoms with van der Waals surface area (Å²) in [5.74, 6) is 0.468. The Morgan fingerprint density at radius 2 is 2.20 bits per heavy atom. The lowest BCUT2D eigenvalue weighted by atomic mass is 10.1. The van der Waals surface area contributed by atoms with Crippen LogP contribution in [0.1, 0.15) is 0 Å². The molecule has 0 aliphatic rings. The quantitative estimate of drug-likeness (QED) is 0.792. The van der Waals surface area contributed by atoms with Crippen LogP contribution in [0, 0.1) is 0 Å². The molecular weight excluding hydrogens is 230 g/mol. The van der Waals surface area contributed by atoms with Gasteiger partial charge in [-0.25, -0.2) is 0 Å². The fraction of sp³-hybridized carbons (Fsp3) is 0.100. The molecule has 2 rings (SSSR count). The smallest absolute Gasteiger partial charge is 0.145 e. The maximum atomic E-state index is 6.10. The SMILES string of the molecule is CSc1ccc(Cl)c(-c2cc(N)n[nH]2)c1. The molecule has 0 bridgehead atoms. The number of rotatable bonds is 2. The van der Waals surface area contributed by atoms with Crippen LogP contribution in [0.3, 0.4) is 0 Å². The van der Waals surface area contributed by atoms with E-state index in [-0.39, 0.29) is 0 Å². The van der Waals surface area contributed by atoms with Gasteiger partial charge in [-0.1, -0.05) is 11.6 Å². The number of halogens is 1. The average molecular weight is 240 g/mol. The highest BCUT2D eigenvalue weighted by atomic mass is 35.5. The fourth-order valence-electron chi connectivity index (χ4n) is 1.31. The van der Waals surface area contributed by atoms with Gasteiger partial charge in [-0.05, 0) is 24.5 Å². The van der Waals surface area contributed by atoms with Crippen LogP contribution in [0.25, 0.3) is 11.3 Å². The van der Waals surface area contributed by atoms with Crippen LogP contribution in [-0.2, 0) is 0 Å². The van der Waals surface area contributed by atoms with E-state index in [0.29, 0.717) is 10.8 Å². The summed E-state index contributed by atoms with van der Waals surface area (Å²) in [5.41, 5.74) is 7.31. The topological polar surface area (TPSA) is 54.7 Å². The van der Waals surface area contributed by atoms with E-state index in [9.17, 15) is 0 Å². The zero-order valence-corrected chi connectivity index (χ0v) is 9.69. The molecule has 2 aromatic rings. The second-order valence-electron chi connectivity index (χ2n) is 3.05. The van der Waals surface area contributed by atoms with Gasteiger partial charge < -0.3 is 5.73 Å². The second kappa shape index (κ2) is 4.16. The molecule has 1 aromatic heterocycles. The number of hydrogen-bond acceptors (Lipinski definition) is 3. The van der Waals surface area contributed by atoms with Crippen molar-refractivity contribution in [3.05, 3.63) is 29.3 Å². The third-order valence-corrected chi connectivity index (χ3v) is 3.12. The molecule has 0 saturated carbocycles. The standard InChI is InChI=1S/C10H10ClN3S/c1-15-6-2-3-8(11)7(4-6)9-5-10(12)14-13-9/h2-5H,1H3,(H3,12,13,14). The first-order valence-electron chi connectivity index (χ1n) is 4.35. The third kappa shape index (κ3) is 2.11. The molecule has 0 amide bonds. The van der Waals surface area contributed by atoms with Crippen LogP contribution in [0.2, 0.25) is 5.02 Å². The van der Waals surface area contributed by atoms with E-state index in [0.717, 1.165) is 16.2 Å². The van der Waals surface area contributed by atoms with Crippen molar-refractivity contribution in [2.75, 3.05) is 12.0 Å². The summed E-state index contributed by atoms with van der Waals surface area (Å²) in [6, 6.07) is 7.64. The van der Waals surface area contributed by atoms with Gasteiger partial charge in [-0.15, -0.1) is 11.8 Å². The van der Waals surface area contributed by atoms with Crippen molar-refractivity contribution in [2.24, 2.45) is 0 Å². The summed E-state index contributed by atoms with van der Waals surface area (Å²) in [6.45, 7) is 0. The lowest BCUT2D eigenvalue weighted by molar-refractivity contribution is 1.10. The Kier molecular flexibility index (Phi) is 2.88. The molecule has 0 fully saturated rings. The highest BCUT2D eigenvalue weighted by Crippen LogP contribution is 2.30. The molecular formula is C10H10ClN3S. The van der Waals surface area contributed by atoms with Crippen molar-refractivity contribution in [1.82, 2.24) is 10.2 Å². The van der Waals surface area contributed by atoms with E-state index >= 15 is 0 Å². The Morgan fingerprint density at radius 1 is 1.40 bits per heavy atom. The molecule has 1 aromatic carbocycles. The third-order valence-electron chi connectivity index (χ3n) is 2.06. The summed E-state index contributed by atoms with van der Waals surface area (Å²) in [7, 11) is 0. The maximum Gasteiger partial charge on any atom is 0.145 e. The average Bonchev–Trinajstić information content (AvgIpc) is 2.65. The summed E-state index contributed by atoms with van der Waals surface area (Å²) in [6.07, 6.45) is 2.02. The monoisotopic (exact) mass is 239 g/mol. The predicted molar refractivity (Wildman–Crippen MR) is 65.2 cm³/mol. The number of aromatic nitrogens is 2. The molecule has 0 aliphatic heterocycles. The number of nitrogens with two attached hydrogens (primary N) is 1. The fourth-order valence-corrected chi connectivity index (χ4v) is 1.97. The molecule has 0 aliphatic carbocycles. The number of thioether (sulfide) groups is 1. The molecule has 3 nitrogen and oxygen atoms in total. The lowest BCUT2D eigenvalue weighted by Gasteiger charge is -2.03.